The average Bonchev–Trinajstić information content (AvgIpc) is 2.85. The third-order valence-electron chi connectivity index (χ3n) is 2.87. The second-order valence-corrected chi connectivity index (χ2v) is 3.94. The zero-order valence-corrected chi connectivity index (χ0v) is 8.68. The zero-order chi connectivity index (χ0) is 10.3. The fraction of sp³-hybridized carbons (Fsp3) is 0.455. The van der Waals surface area contributed by atoms with Crippen LogP contribution in [0.5, 0.6) is 0 Å². The summed E-state index contributed by atoms with van der Waals surface area (Å²) in [4.78, 5) is 0. The molecule has 1 unspecified atom stereocenters. The summed E-state index contributed by atoms with van der Waals surface area (Å²) in [6.45, 7) is 2.88. The van der Waals surface area contributed by atoms with Crippen LogP contribution in [0.25, 0.3) is 5.65 Å². The van der Waals surface area contributed by atoms with Gasteiger partial charge in [-0.2, -0.15) is 0 Å². The van der Waals surface area contributed by atoms with E-state index in [2.05, 4.69) is 10.2 Å². The summed E-state index contributed by atoms with van der Waals surface area (Å²) in [7, 11) is 0. The van der Waals surface area contributed by atoms with Crippen molar-refractivity contribution < 1.29 is 4.74 Å². The topological polar surface area (TPSA) is 39.4 Å². The molecule has 1 saturated heterocycles. The SMILES string of the molecule is Cc1cccn2c(C3CCCO3)nnc12. The first-order valence-corrected chi connectivity index (χ1v) is 5.28. The molecule has 1 aliphatic rings. The Labute approximate surface area is 87.9 Å². The minimum Gasteiger partial charge on any atom is -0.370 e. The van der Waals surface area contributed by atoms with E-state index in [9.17, 15) is 0 Å². The summed E-state index contributed by atoms with van der Waals surface area (Å²) in [5.41, 5.74) is 2.08. The van der Waals surface area contributed by atoms with Crippen molar-refractivity contribution in [2.75, 3.05) is 6.61 Å². The second-order valence-electron chi connectivity index (χ2n) is 3.94. The molecule has 0 bridgehead atoms. The minimum absolute atomic E-state index is 0.127. The van der Waals surface area contributed by atoms with Crippen LogP contribution >= 0.6 is 0 Å². The molecule has 0 aliphatic carbocycles. The van der Waals surface area contributed by atoms with Crippen molar-refractivity contribution in [2.45, 2.75) is 25.9 Å². The number of aromatic nitrogens is 3. The number of rotatable bonds is 1. The Morgan fingerprint density at radius 2 is 2.40 bits per heavy atom. The van der Waals surface area contributed by atoms with Crippen LogP contribution < -0.4 is 0 Å². The Morgan fingerprint density at radius 1 is 1.47 bits per heavy atom. The van der Waals surface area contributed by atoms with Gasteiger partial charge in [-0.1, -0.05) is 6.07 Å². The van der Waals surface area contributed by atoms with Crippen molar-refractivity contribution in [3.63, 3.8) is 0 Å². The van der Waals surface area contributed by atoms with Gasteiger partial charge in [-0.05, 0) is 31.4 Å². The highest BCUT2D eigenvalue weighted by Gasteiger charge is 2.22. The van der Waals surface area contributed by atoms with Crippen LogP contribution in [-0.4, -0.2) is 21.2 Å². The Morgan fingerprint density at radius 3 is 3.20 bits per heavy atom. The maximum Gasteiger partial charge on any atom is 0.166 e. The number of nitrogens with zero attached hydrogens (tertiary/aromatic N) is 3. The van der Waals surface area contributed by atoms with E-state index >= 15 is 0 Å². The Hall–Kier alpha value is -1.42. The van der Waals surface area contributed by atoms with Gasteiger partial charge in [0.15, 0.2) is 11.5 Å². The van der Waals surface area contributed by atoms with Crippen LogP contribution in [0.2, 0.25) is 0 Å². The molecule has 1 fully saturated rings. The van der Waals surface area contributed by atoms with Crippen molar-refractivity contribution in [1.29, 1.82) is 0 Å². The van der Waals surface area contributed by atoms with E-state index in [1.54, 1.807) is 0 Å². The number of hydrogen-bond acceptors (Lipinski definition) is 3. The van der Waals surface area contributed by atoms with Crippen LogP contribution in [0, 0.1) is 6.92 Å². The molecule has 3 heterocycles. The van der Waals surface area contributed by atoms with E-state index in [0.29, 0.717) is 0 Å². The van der Waals surface area contributed by atoms with Crippen LogP contribution in [0.4, 0.5) is 0 Å². The summed E-state index contributed by atoms with van der Waals surface area (Å²) in [6, 6.07) is 4.06. The van der Waals surface area contributed by atoms with Crippen LogP contribution in [-0.2, 0) is 4.74 Å². The summed E-state index contributed by atoms with van der Waals surface area (Å²) in [5.74, 6) is 0.936. The molecule has 78 valence electrons. The molecule has 4 nitrogen and oxygen atoms in total. The molecule has 2 aromatic heterocycles. The molecule has 2 aromatic rings. The van der Waals surface area contributed by atoms with E-state index in [1.807, 2.05) is 29.7 Å². The lowest BCUT2D eigenvalue weighted by atomic mass is 10.2. The van der Waals surface area contributed by atoms with Gasteiger partial charge >= 0.3 is 0 Å². The standard InChI is InChI=1S/C11H13N3O/c1-8-4-2-6-14-10(8)12-13-11(14)9-5-3-7-15-9/h2,4,6,9H,3,5,7H2,1H3. The second kappa shape index (κ2) is 3.31. The number of aryl methyl sites for hydroxylation is 1. The summed E-state index contributed by atoms with van der Waals surface area (Å²) >= 11 is 0. The van der Waals surface area contributed by atoms with Crippen molar-refractivity contribution >= 4 is 5.65 Å². The van der Waals surface area contributed by atoms with Crippen molar-refractivity contribution in [1.82, 2.24) is 14.6 Å². The molecule has 4 heteroatoms. The van der Waals surface area contributed by atoms with Crippen molar-refractivity contribution in [2.24, 2.45) is 0 Å². The summed E-state index contributed by atoms with van der Waals surface area (Å²) in [5, 5.41) is 8.42. The summed E-state index contributed by atoms with van der Waals surface area (Å²) < 4.78 is 7.66. The van der Waals surface area contributed by atoms with Gasteiger partial charge in [0.25, 0.3) is 0 Å². The monoisotopic (exact) mass is 203 g/mol. The minimum atomic E-state index is 0.127. The number of fused-ring (bicyclic) bond motifs is 1. The molecule has 0 saturated carbocycles. The molecular formula is C11H13N3O. The number of ether oxygens (including phenoxy) is 1. The van der Waals surface area contributed by atoms with Gasteiger partial charge in [0.1, 0.15) is 6.10 Å². The fourth-order valence-corrected chi connectivity index (χ4v) is 2.07. The average molecular weight is 203 g/mol. The highest BCUT2D eigenvalue weighted by atomic mass is 16.5. The van der Waals surface area contributed by atoms with Gasteiger partial charge in [-0.15, -0.1) is 10.2 Å². The molecule has 0 spiro atoms. The predicted molar refractivity (Wildman–Crippen MR) is 55.7 cm³/mol. The van der Waals surface area contributed by atoms with Crippen LogP contribution in [0.1, 0.15) is 30.3 Å². The van der Waals surface area contributed by atoms with Gasteiger partial charge in [-0.25, -0.2) is 0 Å². The van der Waals surface area contributed by atoms with Crippen LogP contribution in [0.3, 0.4) is 0 Å². The smallest absolute Gasteiger partial charge is 0.166 e. The van der Waals surface area contributed by atoms with Gasteiger partial charge in [0.2, 0.25) is 0 Å². The predicted octanol–water partition coefficient (Wildman–Crippen LogP) is 1.89. The Bertz CT molecular complexity index is 486. The van der Waals surface area contributed by atoms with Crippen molar-refractivity contribution in [3.05, 3.63) is 29.7 Å². The third kappa shape index (κ3) is 1.33. The zero-order valence-electron chi connectivity index (χ0n) is 8.68. The maximum absolute atomic E-state index is 5.62. The maximum atomic E-state index is 5.62. The van der Waals surface area contributed by atoms with Crippen LogP contribution in [0.15, 0.2) is 18.3 Å². The molecule has 0 amide bonds. The van der Waals surface area contributed by atoms with E-state index in [0.717, 1.165) is 36.5 Å². The van der Waals surface area contributed by atoms with Gasteiger partial charge in [-0.3, -0.25) is 4.40 Å². The van der Waals surface area contributed by atoms with Gasteiger partial charge in [0, 0.05) is 12.8 Å². The normalized spacial score (nSPS) is 21.3. The molecular weight excluding hydrogens is 190 g/mol. The van der Waals surface area contributed by atoms with E-state index < -0.39 is 0 Å². The first-order valence-electron chi connectivity index (χ1n) is 5.28. The Balaban J connectivity index is 2.15. The van der Waals surface area contributed by atoms with E-state index in [1.165, 1.54) is 0 Å². The quantitative estimate of drug-likeness (QED) is 0.710. The first-order chi connectivity index (χ1) is 7.36. The number of pyridine rings is 1. The molecule has 0 aromatic carbocycles. The van der Waals surface area contributed by atoms with Gasteiger partial charge < -0.3 is 4.74 Å². The first kappa shape index (κ1) is 8.85. The molecule has 3 rings (SSSR count). The number of hydrogen-bond donors (Lipinski definition) is 0. The molecule has 0 radical (unpaired) electrons. The summed E-state index contributed by atoms with van der Waals surface area (Å²) in [6.07, 6.45) is 4.29. The third-order valence-corrected chi connectivity index (χ3v) is 2.87. The largest absolute Gasteiger partial charge is 0.370 e. The Kier molecular flexibility index (Phi) is 1.95. The molecule has 0 N–H and O–H groups in total. The highest BCUT2D eigenvalue weighted by molar-refractivity contribution is 5.46. The lowest BCUT2D eigenvalue weighted by Gasteiger charge is -2.06. The highest BCUT2D eigenvalue weighted by Crippen LogP contribution is 2.27. The van der Waals surface area contributed by atoms with E-state index in [4.69, 9.17) is 4.74 Å². The molecule has 15 heavy (non-hydrogen) atoms. The molecule has 1 atom stereocenters. The van der Waals surface area contributed by atoms with Gasteiger partial charge in [0.05, 0.1) is 0 Å². The lowest BCUT2D eigenvalue weighted by molar-refractivity contribution is 0.104. The fourth-order valence-electron chi connectivity index (χ4n) is 2.07. The van der Waals surface area contributed by atoms with Crippen molar-refractivity contribution in [3.8, 4) is 0 Å². The lowest BCUT2D eigenvalue weighted by Crippen LogP contribution is -2.02. The van der Waals surface area contributed by atoms with E-state index in [-0.39, 0.29) is 6.10 Å². The molecule has 1 aliphatic heterocycles.